The molecule has 0 spiro atoms. The Morgan fingerprint density at radius 2 is 2.06 bits per heavy atom. The average molecular weight is 252 g/mol. The minimum absolute atomic E-state index is 0.143. The van der Waals surface area contributed by atoms with Gasteiger partial charge in [-0.3, -0.25) is 0 Å². The number of hydrogen-bond acceptors (Lipinski definition) is 2. The first kappa shape index (κ1) is 14.8. The van der Waals surface area contributed by atoms with Gasteiger partial charge in [-0.15, -0.1) is 0 Å². The normalized spacial score (nSPS) is 28.8. The van der Waals surface area contributed by atoms with Crippen LogP contribution in [0.3, 0.4) is 0 Å². The molecule has 1 aliphatic heterocycles. The number of rotatable bonds is 3. The summed E-state index contributed by atoms with van der Waals surface area (Å²) in [5.74, 6) is 0.414. The van der Waals surface area contributed by atoms with E-state index in [1.165, 1.54) is 0 Å². The van der Waals surface area contributed by atoms with Gasteiger partial charge in [-0.2, -0.15) is 13.2 Å². The van der Waals surface area contributed by atoms with Crippen LogP contribution < -0.4 is 5.32 Å². The van der Waals surface area contributed by atoms with Gasteiger partial charge >= 0.3 is 6.18 Å². The Bertz CT molecular complexity index is 218. The van der Waals surface area contributed by atoms with Gasteiger partial charge in [0.1, 0.15) is 0 Å². The maximum absolute atomic E-state index is 12.2. The van der Waals surface area contributed by atoms with Gasteiger partial charge in [-0.25, -0.2) is 0 Å². The van der Waals surface area contributed by atoms with Crippen LogP contribution in [0.2, 0.25) is 0 Å². The van der Waals surface area contributed by atoms with Crippen molar-refractivity contribution >= 4 is 0 Å². The van der Waals surface area contributed by atoms with Crippen molar-refractivity contribution in [3.63, 3.8) is 0 Å². The van der Waals surface area contributed by atoms with E-state index in [4.69, 9.17) is 0 Å². The number of alkyl halides is 3. The van der Waals surface area contributed by atoms with E-state index in [9.17, 15) is 13.2 Å². The third-order valence-corrected chi connectivity index (χ3v) is 3.32. The molecule has 0 bridgehead atoms. The predicted octanol–water partition coefficient (Wildman–Crippen LogP) is 2.65. The van der Waals surface area contributed by atoms with Gasteiger partial charge in [0.25, 0.3) is 0 Å². The van der Waals surface area contributed by atoms with E-state index < -0.39 is 12.6 Å². The minimum atomic E-state index is -4.03. The van der Waals surface area contributed by atoms with Gasteiger partial charge in [-0.1, -0.05) is 13.8 Å². The Labute approximate surface area is 102 Å². The zero-order valence-electron chi connectivity index (χ0n) is 10.7. The van der Waals surface area contributed by atoms with Crippen molar-refractivity contribution in [1.82, 2.24) is 10.2 Å². The average Bonchev–Trinajstić information content (AvgIpc) is 2.21. The van der Waals surface area contributed by atoms with Crippen LogP contribution in [-0.2, 0) is 0 Å². The molecule has 2 unspecified atom stereocenters. The van der Waals surface area contributed by atoms with Gasteiger partial charge in [-0.05, 0) is 31.8 Å². The van der Waals surface area contributed by atoms with E-state index in [1.54, 1.807) is 0 Å². The van der Waals surface area contributed by atoms with Gasteiger partial charge < -0.3 is 10.2 Å². The fourth-order valence-electron chi connectivity index (χ4n) is 2.24. The molecule has 2 atom stereocenters. The first-order valence-corrected chi connectivity index (χ1v) is 6.43. The lowest BCUT2D eigenvalue weighted by Gasteiger charge is -2.32. The highest BCUT2D eigenvalue weighted by atomic mass is 19.4. The maximum atomic E-state index is 12.2. The third-order valence-electron chi connectivity index (χ3n) is 3.32. The van der Waals surface area contributed by atoms with Crippen LogP contribution in [0.4, 0.5) is 13.2 Å². The van der Waals surface area contributed by atoms with E-state index >= 15 is 0 Å². The molecule has 1 rings (SSSR count). The zero-order valence-corrected chi connectivity index (χ0v) is 10.7. The van der Waals surface area contributed by atoms with Crippen LogP contribution in [0.15, 0.2) is 0 Å². The molecule has 0 saturated carbocycles. The maximum Gasteiger partial charge on any atom is 0.390 e. The number of nitrogens with one attached hydrogen (secondary N) is 1. The molecule has 0 aliphatic carbocycles. The molecule has 5 heteroatoms. The summed E-state index contributed by atoms with van der Waals surface area (Å²) in [5, 5.41) is 3.47. The highest BCUT2D eigenvalue weighted by Gasteiger charge is 2.28. The molecule has 1 N–H and O–H groups in total. The summed E-state index contributed by atoms with van der Waals surface area (Å²) in [7, 11) is 0. The lowest BCUT2D eigenvalue weighted by Crippen LogP contribution is -2.44. The monoisotopic (exact) mass is 252 g/mol. The van der Waals surface area contributed by atoms with Crippen LogP contribution in [-0.4, -0.2) is 43.3 Å². The molecule has 0 aromatic carbocycles. The molecule has 17 heavy (non-hydrogen) atoms. The van der Waals surface area contributed by atoms with E-state index in [0.717, 1.165) is 32.5 Å². The molecule has 0 radical (unpaired) electrons. The van der Waals surface area contributed by atoms with Crippen LogP contribution in [0.5, 0.6) is 0 Å². The molecule has 102 valence electrons. The molecule has 1 heterocycles. The van der Waals surface area contributed by atoms with Crippen molar-refractivity contribution in [1.29, 1.82) is 0 Å². The standard InChI is InChI=1S/C12H23F3N2/c1-3-11-4-6-17(7-5-12(13,14)15)9-10(2)8-16-11/h10-11,16H,3-9H2,1-2H3. The number of hydrogen-bond donors (Lipinski definition) is 1. The second-order valence-corrected chi connectivity index (χ2v) is 5.07. The summed E-state index contributed by atoms with van der Waals surface area (Å²) >= 11 is 0. The molecule has 2 nitrogen and oxygen atoms in total. The van der Waals surface area contributed by atoms with Crippen LogP contribution in [0, 0.1) is 5.92 Å². The van der Waals surface area contributed by atoms with Crippen molar-refractivity contribution in [3.8, 4) is 0 Å². The lowest BCUT2D eigenvalue weighted by atomic mass is 10.0. The smallest absolute Gasteiger partial charge is 0.314 e. The molecule has 0 aromatic heterocycles. The van der Waals surface area contributed by atoms with E-state index in [1.807, 2.05) is 4.90 Å². The summed E-state index contributed by atoms with van der Waals surface area (Å²) in [5.41, 5.74) is 0. The third kappa shape index (κ3) is 6.27. The van der Waals surface area contributed by atoms with Crippen molar-refractivity contribution in [2.45, 2.75) is 45.3 Å². The summed E-state index contributed by atoms with van der Waals surface area (Å²) in [6.45, 7) is 6.78. The molecule has 1 aliphatic rings. The highest BCUT2D eigenvalue weighted by Crippen LogP contribution is 2.20. The Hall–Kier alpha value is -0.290. The molecular weight excluding hydrogens is 229 g/mol. The predicted molar refractivity (Wildman–Crippen MR) is 63.0 cm³/mol. The molecular formula is C12H23F3N2. The van der Waals surface area contributed by atoms with E-state index in [0.29, 0.717) is 12.0 Å². The molecule has 1 fully saturated rings. The Morgan fingerprint density at radius 3 is 2.65 bits per heavy atom. The SMILES string of the molecule is CCC1CCN(CCC(F)(F)F)CC(C)CN1. The fourth-order valence-corrected chi connectivity index (χ4v) is 2.24. The van der Waals surface area contributed by atoms with Crippen molar-refractivity contribution < 1.29 is 13.2 Å². The Balaban J connectivity index is 2.41. The summed E-state index contributed by atoms with van der Waals surface area (Å²) in [4.78, 5) is 1.96. The van der Waals surface area contributed by atoms with Gasteiger partial charge in [0, 0.05) is 19.1 Å². The summed E-state index contributed by atoms with van der Waals surface area (Å²) in [6.07, 6.45) is -2.74. The molecule has 0 aromatic rings. The summed E-state index contributed by atoms with van der Waals surface area (Å²) in [6, 6.07) is 0.450. The second kappa shape index (κ2) is 6.59. The van der Waals surface area contributed by atoms with Crippen molar-refractivity contribution in [3.05, 3.63) is 0 Å². The van der Waals surface area contributed by atoms with Crippen LogP contribution in [0.1, 0.15) is 33.1 Å². The van der Waals surface area contributed by atoms with Gasteiger partial charge in [0.2, 0.25) is 0 Å². The van der Waals surface area contributed by atoms with Crippen molar-refractivity contribution in [2.75, 3.05) is 26.2 Å². The highest BCUT2D eigenvalue weighted by molar-refractivity contribution is 4.76. The number of nitrogens with zero attached hydrogens (tertiary/aromatic N) is 1. The lowest BCUT2D eigenvalue weighted by molar-refractivity contribution is -0.138. The van der Waals surface area contributed by atoms with Crippen LogP contribution in [0.25, 0.3) is 0 Å². The minimum Gasteiger partial charge on any atom is -0.314 e. The first-order chi connectivity index (χ1) is 7.90. The molecule has 1 saturated heterocycles. The first-order valence-electron chi connectivity index (χ1n) is 6.43. The van der Waals surface area contributed by atoms with E-state index in [2.05, 4.69) is 19.2 Å². The zero-order chi connectivity index (χ0) is 12.9. The largest absolute Gasteiger partial charge is 0.390 e. The van der Waals surface area contributed by atoms with Gasteiger partial charge in [0.15, 0.2) is 0 Å². The quantitative estimate of drug-likeness (QED) is 0.830. The second-order valence-electron chi connectivity index (χ2n) is 5.07. The Morgan fingerprint density at radius 1 is 1.35 bits per heavy atom. The van der Waals surface area contributed by atoms with Crippen LogP contribution >= 0.6 is 0 Å². The number of halogens is 3. The van der Waals surface area contributed by atoms with E-state index in [-0.39, 0.29) is 6.54 Å². The molecule has 0 amide bonds. The Kier molecular flexibility index (Phi) is 5.73. The van der Waals surface area contributed by atoms with Crippen molar-refractivity contribution in [2.24, 2.45) is 5.92 Å². The summed E-state index contributed by atoms with van der Waals surface area (Å²) < 4.78 is 36.6. The van der Waals surface area contributed by atoms with Gasteiger partial charge in [0.05, 0.1) is 6.42 Å². The topological polar surface area (TPSA) is 15.3 Å². The fraction of sp³-hybridized carbons (Fsp3) is 1.00.